The van der Waals surface area contributed by atoms with E-state index in [9.17, 15) is 4.79 Å². The van der Waals surface area contributed by atoms with E-state index in [1.807, 2.05) is 13.8 Å². The highest BCUT2D eigenvalue weighted by Gasteiger charge is 2.17. The van der Waals surface area contributed by atoms with E-state index < -0.39 is 0 Å². The van der Waals surface area contributed by atoms with Crippen LogP contribution in [0.25, 0.3) is 0 Å². The van der Waals surface area contributed by atoms with Crippen LogP contribution >= 0.6 is 0 Å². The summed E-state index contributed by atoms with van der Waals surface area (Å²) in [6.45, 7) is 5.86. The first-order valence-corrected chi connectivity index (χ1v) is 6.10. The molecule has 1 saturated heterocycles. The monoisotopic (exact) mass is 237 g/mol. The zero-order valence-electron chi connectivity index (χ0n) is 10.4. The summed E-state index contributed by atoms with van der Waals surface area (Å²) in [7, 11) is 0. The molecule has 1 amide bonds. The first-order valence-electron chi connectivity index (χ1n) is 6.10. The largest absolute Gasteiger partial charge is 0.338 e. The van der Waals surface area contributed by atoms with Crippen LogP contribution in [0.1, 0.15) is 30.5 Å². The molecule has 94 valence electrons. The molecule has 0 bridgehead atoms. The Kier molecular flexibility index (Phi) is 3.78. The van der Waals surface area contributed by atoms with Crippen molar-refractivity contribution in [2.75, 3.05) is 18.4 Å². The predicted octanol–water partition coefficient (Wildman–Crippen LogP) is 1.62. The molecule has 1 fully saturated rings. The summed E-state index contributed by atoms with van der Waals surface area (Å²) in [5, 5.41) is 9.87. The molecule has 0 saturated carbocycles. The minimum Gasteiger partial charge on any atom is -0.338 e. The van der Waals surface area contributed by atoms with E-state index in [0.717, 1.165) is 30.8 Å². The molecule has 0 radical (unpaired) electrons. The van der Waals surface area contributed by atoms with Gasteiger partial charge in [0.25, 0.3) is 0 Å². The lowest BCUT2D eigenvalue weighted by atomic mass is 10.0. The number of carbonyl (C=O) groups is 1. The molecule has 2 rings (SSSR count). The number of aryl methyl sites for hydroxylation is 1. The third-order valence-corrected chi connectivity index (χ3v) is 3.35. The minimum absolute atomic E-state index is 0.0103. The Morgan fingerprint density at radius 1 is 1.59 bits per heavy atom. The van der Waals surface area contributed by atoms with E-state index in [0.29, 0.717) is 18.2 Å². The van der Waals surface area contributed by atoms with E-state index in [4.69, 9.17) is 4.52 Å². The van der Waals surface area contributed by atoms with E-state index >= 15 is 0 Å². The zero-order chi connectivity index (χ0) is 12.3. The van der Waals surface area contributed by atoms with Gasteiger partial charge in [-0.15, -0.1) is 0 Å². The summed E-state index contributed by atoms with van der Waals surface area (Å²) >= 11 is 0. The van der Waals surface area contributed by atoms with Gasteiger partial charge in [-0.1, -0.05) is 5.16 Å². The molecule has 0 spiro atoms. The molecular formula is C12H19N3O2. The zero-order valence-corrected chi connectivity index (χ0v) is 10.4. The molecule has 1 unspecified atom stereocenters. The number of aromatic nitrogens is 1. The number of hydrogen-bond donors (Lipinski definition) is 2. The average molecular weight is 237 g/mol. The van der Waals surface area contributed by atoms with Gasteiger partial charge in [-0.05, 0) is 45.7 Å². The third-order valence-electron chi connectivity index (χ3n) is 3.35. The van der Waals surface area contributed by atoms with Crippen LogP contribution in [0.15, 0.2) is 4.52 Å². The first kappa shape index (κ1) is 12.1. The highest BCUT2D eigenvalue weighted by molar-refractivity contribution is 5.89. The van der Waals surface area contributed by atoms with Gasteiger partial charge >= 0.3 is 0 Å². The van der Waals surface area contributed by atoms with E-state index in [-0.39, 0.29) is 5.91 Å². The van der Waals surface area contributed by atoms with Gasteiger partial charge in [0, 0.05) is 12.0 Å². The second kappa shape index (κ2) is 5.31. The van der Waals surface area contributed by atoms with Gasteiger partial charge in [-0.25, -0.2) is 0 Å². The molecule has 0 aliphatic carbocycles. The van der Waals surface area contributed by atoms with Gasteiger partial charge in [-0.2, -0.15) is 0 Å². The normalized spacial score (nSPS) is 19.5. The molecule has 17 heavy (non-hydrogen) atoms. The molecule has 5 nitrogen and oxygen atoms in total. The average Bonchev–Trinajstić information content (AvgIpc) is 2.92. The van der Waals surface area contributed by atoms with Crippen LogP contribution in [0, 0.1) is 19.8 Å². The Bertz CT molecular complexity index is 394. The summed E-state index contributed by atoms with van der Waals surface area (Å²) < 4.78 is 5.04. The van der Waals surface area contributed by atoms with Crippen molar-refractivity contribution in [3.8, 4) is 0 Å². The van der Waals surface area contributed by atoms with Crippen LogP contribution in [-0.4, -0.2) is 24.2 Å². The second-order valence-corrected chi connectivity index (χ2v) is 4.67. The van der Waals surface area contributed by atoms with E-state index in [1.165, 1.54) is 6.42 Å². The molecule has 1 aromatic rings. The smallest absolute Gasteiger partial charge is 0.234 e. The maximum Gasteiger partial charge on any atom is 0.234 e. The quantitative estimate of drug-likeness (QED) is 0.835. The molecule has 0 aromatic carbocycles. The third kappa shape index (κ3) is 3.06. The number of anilines is 1. The molecule has 1 aromatic heterocycles. The summed E-state index contributed by atoms with van der Waals surface area (Å²) in [5.41, 5.74) is 1.72. The highest BCUT2D eigenvalue weighted by atomic mass is 16.5. The standard InChI is InChI=1S/C12H19N3O2/c1-8-9(2)15-17-12(8)14-11(16)4-3-10-5-6-13-7-10/h10,13H,3-7H2,1-2H3,(H,14,16). The van der Waals surface area contributed by atoms with Crippen LogP contribution < -0.4 is 10.6 Å². The van der Waals surface area contributed by atoms with Crippen molar-refractivity contribution in [2.45, 2.75) is 33.1 Å². The van der Waals surface area contributed by atoms with Crippen LogP contribution in [0.5, 0.6) is 0 Å². The fourth-order valence-corrected chi connectivity index (χ4v) is 2.02. The summed E-state index contributed by atoms with van der Waals surface area (Å²) in [4.78, 5) is 11.7. The predicted molar refractivity (Wildman–Crippen MR) is 64.8 cm³/mol. The lowest BCUT2D eigenvalue weighted by molar-refractivity contribution is -0.116. The Hall–Kier alpha value is -1.36. The number of rotatable bonds is 4. The molecule has 2 heterocycles. The van der Waals surface area contributed by atoms with Crippen molar-refractivity contribution in [3.05, 3.63) is 11.3 Å². The van der Waals surface area contributed by atoms with Gasteiger partial charge < -0.3 is 9.84 Å². The first-order chi connectivity index (χ1) is 8.16. The number of nitrogens with one attached hydrogen (secondary N) is 2. The molecular weight excluding hydrogens is 218 g/mol. The van der Waals surface area contributed by atoms with Crippen molar-refractivity contribution in [3.63, 3.8) is 0 Å². The van der Waals surface area contributed by atoms with Crippen LogP contribution in [0.2, 0.25) is 0 Å². The fourth-order valence-electron chi connectivity index (χ4n) is 2.02. The van der Waals surface area contributed by atoms with Crippen molar-refractivity contribution in [2.24, 2.45) is 5.92 Å². The maximum absolute atomic E-state index is 11.7. The van der Waals surface area contributed by atoms with Crippen molar-refractivity contribution in [1.82, 2.24) is 10.5 Å². The number of hydrogen-bond acceptors (Lipinski definition) is 4. The molecule has 2 N–H and O–H groups in total. The van der Waals surface area contributed by atoms with Gasteiger partial charge in [0.1, 0.15) is 0 Å². The Morgan fingerprint density at radius 2 is 2.41 bits per heavy atom. The molecule has 1 aliphatic heterocycles. The van der Waals surface area contributed by atoms with Crippen LogP contribution in [0.3, 0.4) is 0 Å². The fraction of sp³-hybridized carbons (Fsp3) is 0.667. The molecule has 1 atom stereocenters. The lowest BCUT2D eigenvalue weighted by Gasteiger charge is -2.07. The molecule has 1 aliphatic rings. The van der Waals surface area contributed by atoms with Gasteiger partial charge in [0.15, 0.2) is 0 Å². The summed E-state index contributed by atoms with van der Waals surface area (Å²) in [6.07, 6.45) is 2.66. The number of carbonyl (C=O) groups excluding carboxylic acids is 1. The van der Waals surface area contributed by atoms with Gasteiger partial charge in [0.05, 0.1) is 5.69 Å². The SMILES string of the molecule is Cc1noc(NC(=O)CCC2CCNC2)c1C. The summed E-state index contributed by atoms with van der Waals surface area (Å²) in [5.74, 6) is 1.13. The van der Waals surface area contributed by atoms with Crippen molar-refractivity contribution in [1.29, 1.82) is 0 Å². The Labute approximate surface area is 101 Å². The summed E-state index contributed by atoms with van der Waals surface area (Å²) in [6, 6.07) is 0. The van der Waals surface area contributed by atoms with Crippen molar-refractivity contribution >= 4 is 11.8 Å². The number of nitrogens with zero attached hydrogens (tertiary/aromatic N) is 1. The number of amides is 1. The minimum atomic E-state index is 0.0103. The van der Waals surface area contributed by atoms with E-state index in [1.54, 1.807) is 0 Å². The topological polar surface area (TPSA) is 67.2 Å². The van der Waals surface area contributed by atoms with Gasteiger partial charge in [-0.3, -0.25) is 10.1 Å². The Morgan fingerprint density at radius 3 is 3.00 bits per heavy atom. The molecule has 5 heteroatoms. The Balaban J connectivity index is 1.78. The van der Waals surface area contributed by atoms with Crippen LogP contribution in [-0.2, 0) is 4.79 Å². The van der Waals surface area contributed by atoms with Crippen molar-refractivity contribution < 1.29 is 9.32 Å². The van der Waals surface area contributed by atoms with E-state index in [2.05, 4.69) is 15.8 Å². The maximum atomic E-state index is 11.7. The highest BCUT2D eigenvalue weighted by Crippen LogP contribution is 2.19. The lowest BCUT2D eigenvalue weighted by Crippen LogP contribution is -2.15. The van der Waals surface area contributed by atoms with Crippen LogP contribution in [0.4, 0.5) is 5.88 Å². The second-order valence-electron chi connectivity index (χ2n) is 4.67. The van der Waals surface area contributed by atoms with Gasteiger partial charge in [0.2, 0.25) is 11.8 Å².